The molecule has 1 aromatic heterocycles. The monoisotopic (exact) mass is 937 g/mol. The number of β-amino-alcohol motifs (C(OH)–C–C–N with tert-alkyl or cyclic N) is 1. The number of nitrogens with zero attached hydrogens (tertiary/aromatic N) is 3. The van der Waals surface area contributed by atoms with Crippen LogP contribution in [0.4, 0.5) is 0 Å². The third-order valence-corrected chi connectivity index (χ3v) is 13.1. The number of aryl methyl sites for hydroxylation is 1. The average Bonchev–Trinajstić information content (AvgIpc) is 3.91. The lowest BCUT2D eigenvalue weighted by Gasteiger charge is -2.63. The number of halogens is 1. The summed E-state index contributed by atoms with van der Waals surface area (Å²) in [5.74, 6) is 0.584. The molecule has 1 aliphatic carbocycles. The third-order valence-electron chi connectivity index (χ3n) is 12.8. The van der Waals surface area contributed by atoms with Gasteiger partial charge in [0.05, 0.1) is 35.5 Å². The quantitative estimate of drug-likeness (QED) is 0.0623. The van der Waals surface area contributed by atoms with Crippen molar-refractivity contribution in [1.29, 1.82) is 5.26 Å². The summed E-state index contributed by atoms with van der Waals surface area (Å²) in [5.41, 5.74) is 1.96. The number of amides is 4. The van der Waals surface area contributed by atoms with Gasteiger partial charge >= 0.3 is 0 Å². The maximum Gasteiger partial charge on any atom is 0.251 e. The van der Waals surface area contributed by atoms with Crippen molar-refractivity contribution >= 4 is 35.2 Å². The van der Waals surface area contributed by atoms with Gasteiger partial charge in [-0.15, -0.1) is 0 Å². The van der Waals surface area contributed by atoms with E-state index in [1.165, 1.54) is 11.3 Å². The van der Waals surface area contributed by atoms with E-state index in [4.69, 9.17) is 25.5 Å². The van der Waals surface area contributed by atoms with Gasteiger partial charge < -0.3 is 45.2 Å². The normalized spacial score (nSPS) is 19.9. The molecule has 1 saturated carbocycles. The molecule has 0 unspecified atom stereocenters. The fourth-order valence-electron chi connectivity index (χ4n) is 9.43. The Morgan fingerprint density at radius 2 is 1.67 bits per heavy atom. The number of nitriles is 1. The summed E-state index contributed by atoms with van der Waals surface area (Å²) >= 11 is 6.23. The Labute approximate surface area is 398 Å². The van der Waals surface area contributed by atoms with Crippen LogP contribution in [0.3, 0.4) is 0 Å². The number of benzene rings is 3. The molecule has 5 N–H and O–H groups in total. The molecule has 2 fully saturated rings. The van der Waals surface area contributed by atoms with Crippen LogP contribution in [-0.2, 0) is 20.9 Å². The van der Waals surface area contributed by atoms with Gasteiger partial charge in [-0.2, -0.15) is 5.26 Å². The van der Waals surface area contributed by atoms with Crippen molar-refractivity contribution in [2.24, 2.45) is 16.2 Å². The van der Waals surface area contributed by atoms with E-state index in [9.17, 15) is 29.5 Å². The number of carbonyl (C=O) groups is 4. The van der Waals surface area contributed by atoms with E-state index in [1.807, 2.05) is 52.0 Å². The van der Waals surface area contributed by atoms with Crippen LogP contribution >= 0.6 is 11.6 Å². The number of rotatable bonds is 19. The summed E-state index contributed by atoms with van der Waals surface area (Å²) in [6.45, 7) is 17.0. The molecule has 0 radical (unpaired) electrons. The first kappa shape index (κ1) is 50.5. The Morgan fingerprint density at radius 3 is 2.30 bits per heavy atom. The topological polar surface area (TPSA) is 208 Å². The van der Waals surface area contributed by atoms with Crippen molar-refractivity contribution in [2.75, 3.05) is 26.2 Å². The second-order valence-corrected chi connectivity index (χ2v) is 20.3. The van der Waals surface area contributed by atoms with Gasteiger partial charge in [-0.25, -0.2) is 4.98 Å². The predicted octanol–water partition coefficient (Wildman–Crippen LogP) is 6.73. The van der Waals surface area contributed by atoms with Gasteiger partial charge in [0.1, 0.15) is 35.8 Å². The van der Waals surface area contributed by atoms with Crippen LogP contribution in [-0.4, -0.2) is 95.2 Å². The number of aliphatic hydroxyl groups is 1. The number of ether oxygens (including phenoxy) is 2. The number of hydrogen-bond acceptors (Lipinski definition) is 11. The molecular formula is C51H64ClN7O8. The zero-order chi connectivity index (χ0) is 48.7. The number of aliphatic hydroxyl groups excluding tert-OH is 1. The smallest absolute Gasteiger partial charge is 0.251 e. The molecule has 358 valence electrons. The molecule has 6 rings (SSSR count). The van der Waals surface area contributed by atoms with Crippen molar-refractivity contribution in [3.63, 3.8) is 0 Å². The molecule has 3 aromatic carbocycles. The Hall–Kier alpha value is -5.95. The molecule has 15 nitrogen and oxygen atoms in total. The molecule has 67 heavy (non-hydrogen) atoms. The highest BCUT2D eigenvalue weighted by Gasteiger charge is 2.64. The molecule has 16 heteroatoms. The predicted molar refractivity (Wildman–Crippen MR) is 254 cm³/mol. The van der Waals surface area contributed by atoms with E-state index in [-0.39, 0.29) is 66.8 Å². The van der Waals surface area contributed by atoms with Gasteiger partial charge in [0.15, 0.2) is 12.2 Å². The molecule has 0 bridgehead atoms. The van der Waals surface area contributed by atoms with Gasteiger partial charge in [0, 0.05) is 53.6 Å². The van der Waals surface area contributed by atoms with Crippen molar-refractivity contribution in [3.05, 3.63) is 101 Å². The average molecular weight is 939 g/mol. The van der Waals surface area contributed by atoms with Crippen LogP contribution in [0.15, 0.2) is 77.5 Å². The SMILES string of the molecule is Cc1ncoc1-c1ccc(CNC(=O)[C@@H]2C[C@@H](O)CN2C(=O)[C@@H](NC(=O)CNCCCCCOc2ccc(C(=O)N[C@H]3C(C)(C)[C@H](Oc4ccc(C#N)c(Cl)c4)C3(C)C)cc2)C(C)(C)C)cc1. The molecule has 3 atom stereocenters. The summed E-state index contributed by atoms with van der Waals surface area (Å²) in [6.07, 6.45) is 2.85. The fourth-order valence-corrected chi connectivity index (χ4v) is 9.64. The second kappa shape index (κ2) is 21.3. The third kappa shape index (κ3) is 12.2. The minimum Gasteiger partial charge on any atom is -0.494 e. The van der Waals surface area contributed by atoms with Crippen molar-refractivity contribution in [1.82, 2.24) is 31.2 Å². The Balaban J connectivity index is 0.878. The van der Waals surface area contributed by atoms with E-state index < -0.39 is 29.5 Å². The van der Waals surface area contributed by atoms with Crippen LogP contribution in [0.25, 0.3) is 11.3 Å². The fraction of sp³-hybridized carbons (Fsp3) is 0.490. The highest BCUT2D eigenvalue weighted by atomic mass is 35.5. The summed E-state index contributed by atoms with van der Waals surface area (Å²) in [7, 11) is 0. The number of unbranched alkanes of at least 4 members (excludes halogenated alkanes) is 2. The molecule has 4 amide bonds. The van der Waals surface area contributed by atoms with Crippen molar-refractivity contribution < 1.29 is 38.2 Å². The van der Waals surface area contributed by atoms with Crippen molar-refractivity contribution in [3.8, 4) is 28.9 Å². The van der Waals surface area contributed by atoms with Crippen LogP contribution < -0.4 is 30.7 Å². The second-order valence-electron chi connectivity index (χ2n) is 19.9. The molecule has 1 aliphatic heterocycles. The van der Waals surface area contributed by atoms with E-state index in [2.05, 4.69) is 60.0 Å². The number of aromatic nitrogens is 1. The van der Waals surface area contributed by atoms with E-state index in [1.54, 1.807) is 42.5 Å². The summed E-state index contributed by atoms with van der Waals surface area (Å²) in [4.78, 5) is 59.4. The molecular weight excluding hydrogens is 874 g/mol. The van der Waals surface area contributed by atoms with E-state index in [0.29, 0.717) is 46.6 Å². The zero-order valence-corrected chi connectivity index (χ0v) is 40.5. The Morgan fingerprint density at radius 1 is 0.985 bits per heavy atom. The molecule has 4 aromatic rings. The van der Waals surface area contributed by atoms with Crippen LogP contribution in [0.1, 0.15) is 101 Å². The van der Waals surface area contributed by atoms with E-state index in [0.717, 1.165) is 36.1 Å². The van der Waals surface area contributed by atoms with Crippen LogP contribution in [0, 0.1) is 34.5 Å². The van der Waals surface area contributed by atoms with Gasteiger partial charge in [-0.05, 0) is 80.1 Å². The molecule has 0 spiro atoms. The highest BCUT2D eigenvalue weighted by molar-refractivity contribution is 6.31. The standard InChI is InChI=1S/C51H64ClN7O8/c1-31-42(66-30-56-31)33-14-12-32(13-15-33)27-55-45(63)40-24-36(60)29-59(40)46(64)43(49(2,3)4)57-41(61)28-54-22-10-9-11-23-65-37-19-16-34(17-20-37)44(62)58-47-50(5,6)48(51(47,7)8)67-38-21-18-35(26-53)39(52)25-38/h12-21,25,30,36,40,43,47-48,54,60H,9-11,22-24,27-29H2,1-8H3,(H,55,63)(H,57,61)(H,58,62)/t36-,40+,43-,47-,48-/m1/s1. The zero-order valence-electron chi connectivity index (χ0n) is 39.7. The number of nitrogens with one attached hydrogen (secondary N) is 4. The van der Waals surface area contributed by atoms with Crippen LogP contribution in [0.5, 0.6) is 11.5 Å². The number of likely N-dealkylation sites (tertiary alicyclic amines) is 1. The molecule has 2 aliphatic rings. The van der Waals surface area contributed by atoms with Crippen molar-refractivity contribution in [2.45, 2.75) is 118 Å². The maximum absolute atomic E-state index is 14.0. The lowest BCUT2D eigenvalue weighted by atomic mass is 9.49. The molecule has 1 saturated heterocycles. The first-order valence-electron chi connectivity index (χ1n) is 22.9. The highest BCUT2D eigenvalue weighted by Crippen LogP contribution is 2.55. The van der Waals surface area contributed by atoms with Gasteiger partial charge in [0.2, 0.25) is 17.7 Å². The van der Waals surface area contributed by atoms with Gasteiger partial charge in [-0.1, -0.05) is 84.3 Å². The minimum absolute atomic E-state index is 0.00896. The Kier molecular flexibility index (Phi) is 16.1. The largest absolute Gasteiger partial charge is 0.494 e. The number of hydrogen-bond donors (Lipinski definition) is 5. The lowest BCUT2D eigenvalue weighted by Crippen LogP contribution is -2.74. The first-order chi connectivity index (χ1) is 31.7. The Bertz CT molecular complexity index is 2410. The molecule has 2 heterocycles. The maximum atomic E-state index is 14.0. The van der Waals surface area contributed by atoms with E-state index >= 15 is 0 Å². The summed E-state index contributed by atoms with van der Waals surface area (Å²) < 4.78 is 17.8. The number of oxazole rings is 1. The minimum atomic E-state index is -0.923. The number of carbonyl (C=O) groups excluding carboxylic acids is 4. The van der Waals surface area contributed by atoms with Crippen LogP contribution in [0.2, 0.25) is 5.02 Å². The lowest BCUT2D eigenvalue weighted by molar-refractivity contribution is -0.164. The van der Waals surface area contributed by atoms with Gasteiger partial charge in [-0.3, -0.25) is 19.2 Å². The summed E-state index contributed by atoms with van der Waals surface area (Å²) in [6, 6.07) is 19.7. The summed E-state index contributed by atoms with van der Waals surface area (Å²) in [5, 5.41) is 32.3. The first-order valence-corrected chi connectivity index (χ1v) is 23.2. The van der Waals surface area contributed by atoms with Gasteiger partial charge in [0.25, 0.3) is 5.91 Å².